The average Bonchev–Trinajstić information content (AvgIpc) is 2.53. The summed E-state index contributed by atoms with van der Waals surface area (Å²) in [5.74, 6) is 6.44. The molecule has 2 atom stereocenters. The summed E-state index contributed by atoms with van der Waals surface area (Å²) in [4.78, 5) is 2.28. The third kappa shape index (κ3) is 2.75. The van der Waals surface area contributed by atoms with Gasteiger partial charge in [-0.3, -0.25) is 4.90 Å². The van der Waals surface area contributed by atoms with Crippen LogP contribution in [-0.2, 0) is 0 Å². The second-order valence-electron chi connectivity index (χ2n) is 5.99. The summed E-state index contributed by atoms with van der Waals surface area (Å²) in [5, 5.41) is 20.8. The van der Waals surface area contributed by atoms with Crippen LogP contribution in [0, 0.1) is 17.8 Å². The predicted molar refractivity (Wildman–Crippen MR) is 82.6 cm³/mol. The Hall–Kier alpha value is -1.60. The minimum Gasteiger partial charge on any atom is -0.384 e. The van der Waals surface area contributed by atoms with Crippen LogP contribution in [0.4, 0.5) is 0 Å². The van der Waals surface area contributed by atoms with E-state index in [4.69, 9.17) is 0 Å². The lowest BCUT2D eigenvalue weighted by molar-refractivity contribution is -0.0713. The molecule has 3 aliphatic heterocycles. The van der Waals surface area contributed by atoms with Crippen LogP contribution < -0.4 is 0 Å². The van der Waals surface area contributed by atoms with E-state index >= 15 is 0 Å². The van der Waals surface area contributed by atoms with Crippen LogP contribution in [0.15, 0.2) is 36.9 Å². The number of aliphatic hydroxyl groups excluding tert-OH is 1. The molecule has 0 amide bonds. The lowest BCUT2D eigenvalue weighted by Crippen LogP contribution is -2.58. The van der Waals surface area contributed by atoms with Crippen LogP contribution in [0.3, 0.4) is 0 Å². The van der Waals surface area contributed by atoms with Crippen molar-refractivity contribution in [3.05, 3.63) is 48.0 Å². The first-order chi connectivity index (χ1) is 10.1. The number of fused-ring (bicyclic) bond motifs is 3. The van der Waals surface area contributed by atoms with Gasteiger partial charge in [-0.25, -0.2) is 0 Å². The Morgan fingerprint density at radius 3 is 2.67 bits per heavy atom. The largest absolute Gasteiger partial charge is 0.384 e. The quantitative estimate of drug-likeness (QED) is 0.641. The highest BCUT2D eigenvalue weighted by Gasteiger charge is 2.44. The first kappa shape index (κ1) is 14.3. The summed E-state index contributed by atoms with van der Waals surface area (Å²) in [6.45, 7) is 6.39. The van der Waals surface area contributed by atoms with Gasteiger partial charge in [-0.2, -0.15) is 0 Å². The topological polar surface area (TPSA) is 43.7 Å². The van der Waals surface area contributed by atoms with Gasteiger partial charge < -0.3 is 10.2 Å². The minimum absolute atomic E-state index is 0.270. The maximum atomic E-state index is 10.8. The fourth-order valence-electron chi connectivity index (χ4n) is 3.35. The van der Waals surface area contributed by atoms with Gasteiger partial charge in [-0.1, -0.05) is 36.1 Å². The van der Waals surface area contributed by atoms with E-state index in [9.17, 15) is 10.2 Å². The summed E-state index contributed by atoms with van der Waals surface area (Å²) >= 11 is 0. The van der Waals surface area contributed by atoms with E-state index in [1.54, 1.807) is 0 Å². The molecule has 2 bridgehead atoms. The van der Waals surface area contributed by atoms with Crippen molar-refractivity contribution in [1.29, 1.82) is 0 Å². The van der Waals surface area contributed by atoms with Crippen molar-refractivity contribution in [2.45, 2.75) is 24.5 Å². The molecule has 3 heteroatoms. The van der Waals surface area contributed by atoms with E-state index in [2.05, 4.69) is 23.3 Å². The first-order valence-corrected chi connectivity index (χ1v) is 7.50. The van der Waals surface area contributed by atoms with Gasteiger partial charge in [0.15, 0.2) is 0 Å². The number of rotatable bonds is 2. The highest BCUT2D eigenvalue weighted by Crippen LogP contribution is 2.35. The first-order valence-electron chi connectivity index (χ1n) is 7.50. The molecule has 0 radical (unpaired) electrons. The molecule has 0 spiro atoms. The van der Waals surface area contributed by atoms with Crippen LogP contribution in [-0.4, -0.2) is 40.3 Å². The van der Waals surface area contributed by atoms with Gasteiger partial charge in [0.25, 0.3) is 0 Å². The zero-order chi connectivity index (χ0) is 14.9. The number of hydrogen-bond acceptors (Lipinski definition) is 3. The second kappa shape index (κ2) is 5.65. The van der Waals surface area contributed by atoms with Crippen LogP contribution >= 0.6 is 0 Å². The molecule has 0 saturated carbocycles. The zero-order valence-electron chi connectivity index (χ0n) is 12.1. The Kier molecular flexibility index (Phi) is 3.86. The van der Waals surface area contributed by atoms with Gasteiger partial charge in [0.2, 0.25) is 0 Å². The molecule has 3 saturated heterocycles. The smallest absolute Gasteiger partial charge is 0.141 e. The Bertz CT molecular complexity index is 593. The van der Waals surface area contributed by atoms with E-state index in [1.807, 2.05) is 24.3 Å². The number of hydrogen-bond donors (Lipinski definition) is 2. The molecule has 3 nitrogen and oxygen atoms in total. The Labute approximate surface area is 125 Å². The molecule has 1 aromatic carbocycles. The predicted octanol–water partition coefficient (Wildman–Crippen LogP) is 1.71. The molecule has 3 fully saturated rings. The normalized spacial score (nSPS) is 32.1. The number of benzene rings is 1. The third-order valence-corrected chi connectivity index (χ3v) is 4.64. The van der Waals surface area contributed by atoms with Crippen molar-refractivity contribution in [3.63, 3.8) is 0 Å². The van der Waals surface area contributed by atoms with E-state index in [1.165, 1.54) is 6.08 Å². The SMILES string of the molecule is C=CC(O)c1ccccc1C#CC1(O)CN2CCC1CC2. The Morgan fingerprint density at radius 2 is 2.05 bits per heavy atom. The molecule has 1 aromatic rings. The summed E-state index contributed by atoms with van der Waals surface area (Å²) in [6.07, 6.45) is 2.80. The molecule has 2 unspecified atom stereocenters. The van der Waals surface area contributed by atoms with Gasteiger partial charge in [-0.05, 0) is 37.6 Å². The van der Waals surface area contributed by atoms with Gasteiger partial charge in [0.05, 0.1) is 6.10 Å². The standard InChI is InChI=1S/C18H21NO2/c1-2-17(20)16-6-4-3-5-14(16)7-10-18(21)13-19-11-8-15(18)9-12-19/h2-6,15,17,20-21H,1,8-9,11-13H2. The van der Waals surface area contributed by atoms with Gasteiger partial charge in [0.1, 0.15) is 5.60 Å². The molecule has 4 rings (SSSR count). The van der Waals surface area contributed by atoms with Crippen molar-refractivity contribution >= 4 is 0 Å². The Balaban J connectivity index is 1.89. The van der Waals surface area contributed by atoms with Crippen molar-refractivity contribution in [1.82, 2.24) is 4.90 Å². The van der Waals surface area contributed by atoms with Gasteiger partial charge >= 0.3 is 0 Å². The molecule has 3 aliphatic rings. The van der Waals surface area contributed by atoms with E-state index in [0.29, 0.717) is 6.54 Å². The van der Waals surface area contributed by atoms with Crippen molar-refractivity contribution < 1.29 is 10.2 Å². The molecular weight excluding hydrogens is 262 g/mol. The van der Waals surface area contributed by atoms with Crippen molar-refractivity contribution in [3.8, 4) is 11.8 Å². The summed E-state index contributed by atoms with van der Waals surface area (Å²) in [7, 11) is 0. The molecule has 2 N–H and O–H groups in total. The number of nitrogens with zero attached hydrogens (tertiary/aromatic N) is 1. The lowest BCUT2D eigenvalue weighted by atomic mass is 9.75. The van der Waals surface area contributed by atoms with Crippen LogP contribution in [0.5, 0.6) is 0 Å². The summed E-state index contributed by atoms with van der Waals surface area (Å²) in [5.41, 5.74) is 0.586. The molecule has 0 aliphatic carbocycles. The molecule has 0 aromatic heterocycles. The average molecular weight is 283 g/mol. The van der Waals surface area contributed by atoms with Crippen molar-refractivity contribution in [2.75, 3.05) is 19.6 Å². The minimum atomic E-state index is -0.914. The monoisotopic (exact) mass is 283 g/mol. The van der Waals surface area contributed by atoms with Crippen LogP contribution in [0.2, 0.25) is 0 Å². The maximum absolute atomic E-state index is 10.8. The summed E-state index contributed by atoms with van der Waals surface area (Å²) < 4.78 is 0. The zero-order valence-corrected chi connectivity index (χ0v) is 12.1. The highest BCUT2D eigenvalue weighted by atomic mass is 16.3. The fraction of sp³-hybridized carbons (Fsp3) is 0.444. The van der Waals surface area contributed by atoms with Gasteiger partial charge in [-0.15, -0.1) is 6.58 Å². The van der Waals surface area contributed by atoms with Crippen LogP contribution in [0.25, 0.3) is 0 Å². The second-order valence-corrected chi connectivity index (χ2v) is 5.99. The fourth-order valence-corrected chi connectivity index (χ4v) is 3.35. The maximum Gasteiger partial charge on any atom is 0.141 e. The number of aliphatic hydroxyl groups is 2. The van der Waals surface area contributed by atoms with Crippen molar-refractivity contribution in [2.24, 2.45) is 5.92 Å². The highest BCUT2D eigenvalue weighted by molar-refractivity contribution is 5.45. The van der Waals surface area contributed by atoms with Gasteiger partial charge in [0, 0.05) is 18.0 Å². The lowest BCUT2D eigenvalue weighted by Gasteiger charge is -2.47. The Morgan fingerprint density at radius 1 is 1.33 bits per heavy atom. The molecular formula is C18H21NO2. The van der Waals surface area contributed by atoms with E-state index < -0.39 is 11.7 Å². The molecule has 21 heavy (non-hydrogen) atoms. The molecule has 3 heterocycles. The van der Waals surface area contributed by atoms with E-state index in [0.717, 1.165) is 37.1 Å². The van der Waals surface area contributed by atoms with E-state index in [-0.39, 0.29) is 5.92 Å². The number of piperidine rings is 3. The van der Waals surface area contributed by atoms with Crippen LogP contribution in [0.1, 0.15) is 30.1 Å². The summed E-state index contributed by atoms with van der Waals surface area (Å²) in [6, 6.07) is 7.48. The molecule has 110 valence electrons. The third-order valence-electron chi connectivity index (χ3n) is 4.64.